The number of carbonyl (C=O) groups is 2. The number of piperazine rings is 1. The largest absolute Gasteiger partial charge is 0.450 e. The zero-order valence-corrected chi connectivity index (χ0v) is 13.2. The maximum Gasteiger partial charge on any atom is 0.410 e. The average Bonchev–Trinajstić information content (AvgIpc) is 2.97. The lowest BCUT2D eigenvalue weighted by molar-refractivity contribution is -0.896. The van der Waals surface area contributed by atoms with E-state index in [0.29, 0.717) is 26.2 Å². The van der Waals surface area contributed by atoms with Crippen LogP contribution in [0.4, 0.5) is 4.79 Å². The van der Waals surface area contributed by atoms with Gasteiger partial charge in [0.15, 0.2) is 6.54 Å². The summed E-state index contributed by atoms with van der Waals surface area (Å²) in [5, 5.41) is 12.2. The second-order valence-corrected chi connectivity index (χ2v) is 6.06. The van der Waals surface area contributed by atoms with E-state index in [1.807, 2.05) is 0 Å². The van der Waals surface area contributed by atoms with Gasteiger partial charge in [-0.3, -0.25) is 9.69 Å². The SMILES string of the molecule is CCOC(=O)N1CC[NH+](CC(=O)NC2(C#N)CCCC2)CC1. The van der Waals surface area contributed by atoms with E-state index < -0.39 is 5.54 Å². The van der Waals surface area contributed by atoms with Crippen molar-refractivity contribution in [1.29, 1.82) is 5.26 Å². The Morgan fingerprint density at radius 3 is 2.50 bits per heavy atom. The van der Waals surface area contributed by atoms with E-state index in [4.69, 9.17) is 4.74 Å². The summed E-state index contributed by atoms with van der Waals surface area (Å²) in [6.07, 6.45) is 3.22. The van der Waals surface area contributed by atoms with Crippen LogP contribution in [0.5, 0.6) is 0 Å². The molecule has 2 amide bonds. The van der Waals surface area contributed by atoms with E-state index >= 15 is 0 Å². The van der Waals surface area contributed by atoms with Gasteiger partial charge in [-0.15, -0.1) is 0 Å². The van der Waals surface area contributed by atoms with Crippen molar-refractivity contribution in [3.05, 3.63) is 0 Å². The molecule has 1 aliphatic heterocycles. The van der Waals surface area contributed by atoms with Crippen LogP contribution in [0, 0.1) is 11.3 Å². The molecule has 0 aromatic carbocycles. The molecular weight excluding hydrogens is 284 g/mol. The summed E-state index contributed by atoms with van der Waals surface area (Å²) in [5.74, 6) is -0.0666. The number of nitriles is 1. The molecule has 1 heterocycles. The Morgan fingerprint density at radius 2 is 1.95 bits per heavy atom. The van der Waals surface area contributed by atoms with E-state index in [0.717, 1.165) is 43.7 Å². The second kappa shape index (κ2) is 7.45. The Kier molecular flexibility index (Phi) is 5.61. The lowest BCUT2D eigenvalue weighted by Gasteiger charge is -2.31. The molecule has 0 atom stereocenters. The van der Waals surface area contributed by atoms with Crippen molar-refractivity contribution in [3.63, 3.8) is 0 Å². The summed E-state index contributed by atoms with van der Waals surface area (Å²) in [7, 11) is 0. The van der Waals surface area contributed by atoms with Gasteiger partial charge in [0.05, 0.1) is 38.9 Å². The molecular formula is C15H25N4O3+. The van der Waals surface area contributed by atoms with Crippen LogP contribution in [-0.2, 0) is 9.53 Å². The molecule has 0 aromatic rings. The van der Waals surface area contributed by atoms with Crippen molar-refractivity contribution in [1.82, 2.24) is 10.2 Å². The number of amides is 2. The molecule has 2 rings (SSSR count). The van der Waals surface area contributed by atoms with Gasteiger partial charge < -0.3 is 15.0 Å². The van der Waals surface area contributed by atoms with E-state index in [2.05, 4.69) is 11.4 Å². The molecule has 7 nitrogen and oxygen atoms in total. The highest BCUT2D eigenvalue weighted by molar-refractivity contribution is 5.78. The molecule has 2 fully saturated rings. The number of hydrogen-bond acceptors (Lipinski definition) is 4. The summed E-state index contributed by atoms with van der Waals surface area (Å²) >= 11 is 0. The lowest BCUT2D eigenvalue weighted by atomic mass is 10.00. The van der Waals surface area contributed by atoms with Crippen LogP contribution in [0.2, 0.25) is 0 Å². The third-order valence-electron chi connectivity index (χ3n) is 4.46. The summed E-state index contributed by atoms with van der Waals surface area (Å²) in [5.41, 5.74) is -0.650. The minimum atomic E-state index is -0.650. The van der Waals surface area contributed by atoms with Crippen LogP contribution >= 0.6 is 0 Å². The minimum absolute atomic E-state index is 0.0666. The number of carbonyl (C=O) groups excluding carboxylic acids is 2. The Balaban J connectivity index is 1.75. The smallest absolute Gasteiger partial charge is 0.410 e. The van der Waals surface area contributed by atoms with Crippen molar-refractivity contribution in [2.24, 2.45) is 0 Å². The first-order valence-corrected chi connectivity index (χ1v) is 8.06. The molecule has 0 radical (unpaired) electrons. The Morgan fingerprint density at radius 1 is 1.32 bits per heavy atom. The molecule has 0 aromatic heterocycles. The molecule has 7 heteroatoms. The lowest BCUT2D eigenvalue weighted by Crippen LogP contribution is -3.16. The normalized spacial score (nSPS) is 21.2. The number of rotatable bonds is 4. The van der Waals surface area contributed by atoms with Gasteiger partial charge >= 0.3 is 6.09 Å². The Labute approximate surface area is 131 Å². The maximum atomic E-state index is 12.2. The predicted octanol–water partition coefficient (Wildman–Crippen LogP) is -0.704. The summed E-state index contributed by atoms with van der Waals surface area (Å²) in [6, 6.07) is 2.27. The molecule has 2 aliphatic rings. The van der Waals surface area contributed by atoms with Gasteiger partial charge in [-0.25, -0.2) is 4.79 Å². The van der Waals surface area contributed by atoms with Crippen LogP contribution in [-0.4, -0.2) is 61.8 Å². The van der Waals surface area contributed by atoms with Crippen molar-refractivity contribution in [2.45, 2.75) is 38.1 Å². The van der Waals surface area contributed by atoms with Crippen LogP contribution < -0.4 is 10.2 Å². The molecule has 0 spiro atoms. The molecule has 122 valence electrons. The van der Waals surface area contributed by atoms with Crippen LogP contribution in [0.3, 0.4) is 0 Å². The molecule has 1 saturated carbocycles. The first-order chi connectivity index (χ1) is 10.6. The van der Waals surface area contributed by atoms with Crippen molar-refractivity contribution < 1.29 is 19.2 Å². The van der Waals surface area contributed by atoms with E-state index in [1.54, 1.807) is 11.8 Å². The number of quaternary nitrogens is 1. The van der Waals surface area contributed by atoms with Gasteiger partial charge in [0, 0.05) is 0 Å². The van der Waals surface area contributed by atoms with Crippen molar-refractivity contribution in [3.8, 4) is 6.07 Å². The topological polar surface area (TPSA) is 86.9 Å². The van der Waals surface area contributed by atoms with Gasteiger partial charge in [0.2, 0.25) is 0 Å². The van der Waals surface area contributed by atoms with Crippen molar-refractivity contribution >= 4 is 12.0 Å². The second-order valence-electron chi connectivity index (χ2n) is 6.06. The number of ether oxygens (including phenoxy) is 1. The Hall–Kier alpha value is -1.81. The average molecular weight is 309 g/mol. The standard InChI is InChI=1S/C15H24N4O3/c1-2-22-14(21)19-9-7-18(8-10-19)11-13(20)17-15(12-16)5-3-4-6-15/h2-11H2,1H3,(H,17,20)/p+1. The van der Waals surface area contributed by atoms with Crippen molar-refractivity contribution in [2.75, 3.05) is 39.3 Å². The quantitative estimate of drug-likeness (QED) is 0.719. The molecule has 0 unspecified atom stereocenters. The van der Waals surface area contributed by atoms with Gasteiger partial charge in [0.1, 0.15) is 5.54 Å². The fourth-order valence-corrected chi connectivity index (χ4v) is 3.18. The molecule has 0 bridgehead atoms. The fourth-order valence-electron chi connectivity index (χ4n) is 3.18. The molecule has 22 heavy (non-hydrogen) atoms. The third kappa shape index (κ3) is 4.10. The highest BCUT2D eigenvalue weighted by Gasteiger charge is 2.36. The monoisotopic (exact) mass is 309 g/mol. The van der Waals surface area contributed by atoms with Gasteiger partial charge in [0.25, 0.3) is 5.91 Å². The minimum Gasteiger partial charge on any atom is -0.450 e. The fraction of sp³-hybridized carbons (Fsp3) is 0.800. The summed E-state index contributed by atoms with van der Waals surface area (Å²) in [6.45, 7) is 5.19. The predicted molar refractivity (Wildman–Crippen MR) is 79.1 cm³/mol. The highest BCUT2D eigenvalue weighted by atomic mass is 16.6. The van der Waals surface area contributed by atoms with Crippen LogP contribution in [0.25, 0.3) is 0 Å². The first kappa shape index (κ1) is 16.6. The summed E-state index contributed by atoms with van der Waals surface area (Å²) in [4.78, 5) is 26.6. The zero-order chi connectivity index (χ0) is 16.0. The zero-order valence-electron chi connectivity index (χ0n) is 13.2. The molecule has 1 aliphatic carbocycles. The third-order valence-corrected chi connectivity index (χ3v) is 4.46. The molecule has 2 N–H and O–H groups in total. The number of nitrogens with zero attached hydrogens (tertiary/aromatic N) is 2. The van der Waals surface area contributed by atoms with E-state index in [-0.39, 0.29) is 12.0 Å². The number of hydrogen-bond donors (Lipinski definition) is 2. The van der Waals surface area contributed by atoms with Crippen LogP contribution in [0.15, 0.2) is 0 Å². The Bertz CT molecular complexity index is 446. The summed E-state index contributed by atoms with van der Waals surface area (Å²) < 4.78 is 4.98. The van der Waals surface area contributed by atoms with Gasteiger partial charge in [-0.05, 0) is 32.6 Å². The number of nitrogens with one attached hydrogen (secondary N) is 2. The van der Waals surface area contributed by atoms with E-state index in [1.165, 1.54) is 0 Å². The van der Waals surface area contributed by atoms with E-state index in [9.17, 15) is 14.9 Å². The molecule has 1 saturated heterocycles. The van der Waals surface area contributed by atoms with Gasteiger partial charge in [-0.1, -0.05) is 0 Å². The van der Waals surface area contributed by atoms with Gasteiger partial charge in [-0.2, -0.15) is 5.26 Å². The maximum absolute atomic E-state index is 12.2. The highest BCUT2D eigenvalue weighted by Crippen LogP contribution is 2.28. The first-order valence-electron chi connectivity index (χ1n) is 8.06. The van der Waals surface area contributed by atoms with Crippen LogP contribution in [0.1, 0.15) is 32.6 Å².